The molecule has 168 valence electrons. The molecule has 1 saturated heterocycles. The summed E-state index contributed by atoms with van der Waals surface area (Å²) in [5.74, 6) is 0.292. The summed E-state index contributed by atoms with van der Waals surface area (Å²) in [6.45, 7) is 7.21. The second kappa shape index (κ2) is 10.2. The summed E-state index contributed by atoms with van der Waals surface area (Å²) < 4.78 is 26.5. The average Bonchev–Trinajstić information content (AvgIpc) is 2.75. The molecule has 1 aliphatic heterocycles. The number of benzene rings is 1. The van der Waals surface area contributed by atoms with Crippen LogP contribution < -0.4 is 5.32 Å². The fraction of sp³-hybridized carbons (Fsp3) is 0.696. The van der Waals surface area contributed by atoms with E-state index in [-0.39, 0.29) is 17.2 Å². The van der Waals surface area contributed by atoms with Crippen molar-refractivity contribution in [3.05, 3.63) is 35.4 Å². The molecule has 2 aliphatic rings. The van der Waals surface area contributed by atoms with Crippen molar-refractivity contribution in [2.24, 2.45) is 0 Å². The molecule has 1 aromatic rings. The molecule has 0 atom stereocenters. The summed E-state index contributed by atoms with van der Waals surface area (Å²) in [4.78, 5) is 15.1. The second-order valence-corrected chi connectivity index (χ2v) is 11.0. The van der Waals surface area contributed by atoms with Gasteiger partial charge in [0, 0.05) is 38.3 Å². The molecule has 1 N–H and O–H groups in total. The van der Waals surface area contributed by atoms with E-state index in [1.54, 1.807) is 4.31 Å². The topological polar surface area (TPSA) is 69.7 Å². The van der Waals surface area contributed by atoms with Crippen LogP contribution in [0.15, 0.2) is 24.3 Å². The Morgan fingerprint density at radius 2 is 1.67 bits per heavy atom. The largest absolute Gasteiger partial charge is 0.354 e. The van der Waals surface area contributed by atoms with E-state index in [0.717, 1.165) is 31.5 Å². The second-order valence-electron chi connectivity index (χ2n) is 8.93. The molecule has 1 amide bonds. The van der Waals surface area contributed by atoms with Gasteiger partial charge in [0.1, 0.15) is 0 Å². The zero-order chi connectivity index (χ0) is 21.6. The van der Waals surface area contributed by atoms with Crippen molar-refractivity contribution in [3.63, 3.8) is 0 Å². The first kappa shape index (κ1) is 23.2. The summed E-state index contributed by atoms with van der Waals surface area (Å²) in [6.07, 6.45) is 6.77. The molecule has 0 aromatic heterocycles. The van der Waals surface area contributed by atoms with Crippen LogP contribution in [0.2, 0.25) is 0 Å². The van der Waals surface area contributed by atoms with E-state index in [9.17, 15) is 13.2 Å². The number of nitrogens with one attached hydrogen (secondary N) is 1. The van der Waals surface area contributed by atoms with Crippen LogP contribution in [0.25, 0.3) is 0 Å². The van der Waals surface area contributed by atoms with Crippen LogP contribution in [0.1, 0.15) is 56.6 Å². The van der Waals surface area contributed by atoms with Crippen molar-refractivity contribution in [1.29, 1.82) is 0 Å². The molecule has 30 heavy (non-hydrogen) atoms. The average molecular weight is 436 g/mol. The van der Waals surface area contributed by atoms with E-state index in [4.69, 9.17) is 0 Å². The predicted molar refractivity (Wildman–Crippen MR) is 121 cm³/mol. The highest BCUT2D eigenvalue weighted by Gasteiger charge is 2.40. The molecule has 0 bridgehead atoms. The Hall–Kier alpha value is -1.44. The number of sulfonamides is 1. The molecule has 2 fully saturated rings. The number of hydrogen-bond acceptors (Lipinski definition) is 4. The van der Waals surface area contributed by atoms with Gasteiger partial charge in [-0.2, -0.15) is 4.31 Å². The first-order valence-corrected chi connectivity index (χ1v) is 13.0. The number of carbonyl (C=O) groups is 1. The Morgan fingerprint density at radius 3 is 2.27 bits per heavy atom. The molecular weight excluding hydrogens is 398 g/mol. The van der Waals surface area contributed by atoms with Gasteiger partial charge >= 0.3 is 0 Å². The fourth-order valence-corrected chi connectivity index (χ4v) is 6.35. The zero-order valence-corrected chi connectivity index (χ0v) is 19.3. The minimum absolute atomic E-state index is 0.0399. The van der Waals surface area contributed by atoms with Crippen LogP contribution in [0, 0.1) is 6.92 Å². The van der Waals surface area contributed by atoms with E-state index in [1.807, 2.05) is 38.1 Å². The Bertz CT molecular complexity index is 793. The maximum absolute atomic E-state index is 12.6. The third kappa shape index (κ3) is 5.83. The lowest BCUT2D eigenvalue weighted by atomic mass is 9.79. The Morgan fingerprint density at radius 1 is 1.03 bits per heavy atom. The van der Waals surface area contributed by atoms with Crippen LogP contribution in [-0.2, 0) is 21.2 Å². The predicted octanol–water partition coefficient (Wildman–Crippen LogP) is 2.71. The number of amides is 1. The molecule has 0 unspecified atom stereocenters. The zero-order valence-electron chi connectivity index (χ0n) is 18.5. The molecule has 1 aromatic carbocycles. The van der Waals surface area contributed by atoms with Crippen LogP contribution >= 0.6 is 0 Å². The molecule has 0 spiro atoms. The highest BCUT2D eigenvalue weighted by molar-refractivity contribution is 7.89. The van der Waals surface area contributed by atoms with Gasteiger partial charge in [0.25, 0.3) is 0 Å². The lowest BCUT2D eigenvalue weighted by Crippen LogP contribution is -2.62. The van der Waals surface area contributed by atoms with Crippen molar-refractivity contribution in [1.82, 2.24) is 14.5 Å². The first-order valence-electron chi connectivity index (χ1n) is 11.4. The lowest BCUT2D eigenvalue weighted by Gasteiger charge is -2.49. The summed E-state index contributed by atoms with van der Waals surface area (Å²) in [5, 5.41) is 3.20. The van der Waals surface area contributed by atoms with Crippen LogP contribution in [0.4, 0.5) is 0 Å². The van der Waals surface area contributed by atoms with E-state index in [1.165, 1.54) is 24.8 Å². The van der Waals surface area contributed by atoms with Crippen molar-refractivity contribution in [2.75, 3.05) is 38.5 Å². The summed E-state index contributed by atoms with van der Waals surface area (Å²) >= 11 is 0. The minimum Gasteiger partial charge on any atom is -0.354 e. The summed E-state index contributed by atoms with van der Waals surface area (Å²) in [5.41, 5.74) is 2.19. The highest BCUT2D eigenvalue weighted by atomic mass is 32.2. The molecule has 3 rings (SSSR count). The van der Waals surface area contributed by atoms with Crippen molar-refractivity contribution >= 4 is 15.9 Å². The summed E-state index contributed by atoms with van der Waals surface area (Å²) in [6, 6.07) is 8.11. The van der Waals surface area contributed by atoms with E-state index >= 15 is 0 Å². The van der Waals surface area contributed by atoms with Crippen LogP contribution in [0.3, 0.4) is 0 Å². The molecule has 0 radical (unpaired) electrons. The molecule has 6 nitrogen and oxygen atoms in total. The number of rotatable bonds is 8. The van der Waals surface area contributed by atoms with Crippen molar-refractivity contribution in [3.8, 4) is 0 Å². The molecule has 1 aliphatic carbocycles. The number of piperazine rings is 1. The molecule has 1 heterocycles. The number of nitrogens with zero attached hydrogens (tertiary/aromatic N) is 2. The van der Waals surface area contributed by atoms with Gasteiger partial charge in [0.2, 0.25) is 15.9 Å². The van der Waals surface area contributed by atoms with Gasteiger partial charge in [0.15, 0.2) is 0 Å². The lowest BCUT2D eigenvalue weighted by molar-refractivity contribution is -0.121. The van der Waals surface area contributed by atoms with Gasteiger partial charge in [-0.25, -0.2) is 8.42 Å². The van der Waals surface area contributed by atoms with Crippen molar-refractivity contribution in [2.45, 2.75) is 64.3 Å². The van der Waals surface area contributed by atoms with E-state index in [0.29, 0.717) is 32.5 Å². The summed E-state index contributed by atoms with van der Waals surface area (Å²) in [7, 11) is -3.13. The molecule has 1 saturated carbocycles. The van der Waals surface area contributed by atoms with Crippen LogP contribution in [-0.4, -0.2) is 67.5 Å². The van der Waals surface area contributed by atoms with Crippen molar-refractivity contribution < 1.29 is 13.2 Å². The van der Waals surface area contributed by atoms with E-state index in [2.05, 4.69) is 10.2 Å². The van der Waals surface area contributed by atoms with Crippen LogP contribution in [0.5, 0.6) is 0 Å². The van der Waals surface area contributed by atoms with Gasteiger partial charge in [-0.05, 0) is 31.7 Å². The normalized spacial score (nSPS) is 20.7. The Balaban J connectivity index is 1.59. The SMILES string of the molecule is CCCS(=O)(=O)N1CCN(C2(CNC(=O)Cc3ccc(C)cc3)CCCCC2)CC1. The number of carbonyl (C=O) groups excluding carboxylic acids is 1. The van der Waals surface area contributed by atoms with Gasteiger partial charge in [-0.15, -0.1) is 0 Å². The van der Waals surface area contributed by atoms with Gasteiger partial charge in [-0.3, -0.25) is 9.69 Å². The minimum atomic E-state index is -3.13. The van der Waals surface area contributed by atoms with Gasteiger partial charge < -0.3 is 5.32 Å². The Labute approximate surface area is 182 Å². The first-order chi connectivity index (χ1) is 14.3. The van der Waals surface area contributed by atoms with Gasteiger partial charge in [-0.1, -0.05) is 56.0 Å². The number of aryl methyl sites for hydroxylation is 1. The standard InChI is InChI=1S/C23H37N3O3S/c1-3-17-30(28,29)26-15-13-25(14-16-26)23(11-5-4-6-12-23)19-24-22(27)18-21-9-7-20(2)8-10-21/h7-10H,3-6,11-19H2,1-2H3,(H,24,27). The van der Waals surface area contributed by atoms with E-state index < -0.39 is 10.0 Å². The smallest absolute Gasteiger partial charge is 0.224 e. The number of hydrogen-bond donors (Lipinski definition) is 1. The third-order valence-corrected chi connectivity index (χ3v) is 8.73. The highest BCUT2D eigenvalue weighted by Crippen LogP contribution is 2.34. The Kier molecular flexibility index (Phi) is 7.93. The third-order valence-electron chi connectivity index (χ3n) is 6.65. The van der Waals surface area contributed by atoms with Gasteiger partial charge in [0.05, 0.1) is 12.2 Å². The fourth-order valence-electron chi connectivity index (χ4n) is 4.86. The maximum atomic E-state index is 12.6. The maximum Gasteiger partial charge on any atom is 0.224 e. The molecule has 7 heteroatoms. The molecular formula is C23H37N3O3S. The quantitative estimate of drug-likeness (QED) is 0.682. The monoisotopic (exact) mass is 435 g/mol.